The Morgan fingerprint density at radius 1 is 1.17 bits per heavy atom. The van der Waals surface area contributed by atoms with Crippen LogP contribution in [-0.4, -0.2) is 23.1 Å². The van der Waals surface area contributed by atoms with E-state index < -0.39 is 5.97 Å². The molecule has 3 N–H and O–H groups in total. The van der Waals surface area contributed by atoms with Gasteiger partial charge in [0, 0.05) is 22.2 Å². The Morgan fingerprint density at radius 3 is 2.54 bits per heavy atom. The van der Waals surface area contributed by atoms with Crippen molar-refractivity contribution in [3.8, 4) is 0 Å². The normalized spacial score (nSPS) is 11.7. The molecule has 1 aromatic carbocycles. The lowest BCUT2D eigenvalue weighted by Gasteiger charge is -2.18. The minimum Gasteiger partial charge on any atom is -0.481 e. The molecule has 0 saturated carbocycles. The highest BCUT2D eigenvalue weighted by Crippen LogP contribution is 2.14. The number of carbonyl (C=O) groups is 2. The number of nitrogens with one attached hydrogen (secondary N) is 2. The Bertz CT molecular complexity index is 670. The van der Waals surface area contributed by atoms with Crippen LogP contribution in [0.15, 0.2) is 42.5 Å². The van der Waals surface area contributed by atoms with E-state index in [1.165, 1.54) is 4.88 Å². The van der Waals surface area contributed by atoms with E-state index in [4.69, 9.17) is 5.11 Å². The predicted octanol–water partition coefficient (Wildman–Crippen LogP) is 3.33. The van der Waals surface area contributed by atoms with Gasteiger partial charge in [-0.25, -0.2) is 4.79 Å². The van der Waals surface area contributed by atoms with E-state index in [9.17, 15) is 9.59 Å². The number of hydrogen-bond donors (Lipinski definition) is 3. The first kappa shape index (κ1) is 18.0. The van der Waals surface area contributed by atoms with Crippen molar-refractivity contribution in [2.45, 2.75) is 38.8 Å². The van der Waals surface area contributed by atoms with Gasteiger partial charge in [-0.3, -0.25) is 4.79 Å². The van der Waals surface area contributed by atoms with Crippen molar-refractivity contribution in [1.82, 2.24) is 10.6 Å². The number of aliphatic carboxylic acids is 1. The number of thiophene rings is 1. The van der Waals surface area contributed by atoms with Gasteiger partial charge in [0.1, 0.15) is 0 Å². The van der Waals surface area contributed by atoms with E-state index in [1.807, 2.05) is 49.4 Å². The van der Waals surface area contributed by atoms with E-state index in [1.54, 1.807) is 11.3 Å². The maximum Gasteiger partial charge on any atom is 0.315 e. The van der Waals surface area contributed by atoms with E-state index in [2.05, 4.69) is 10.6 Å². The number of amides is 2. The predicted molar refractivity (Wildman–Crippen MR) is 95.2 cm³/mol. The second-order valence-corrected chi connectivity index (χ2v) is 7.03. The highest BCUT2D eigenvalue weighted by Gasteiger charge is 2.14. The zero-order valence-corrected chi connectivity index (χ0v) is 14.4. The van der Waals surface area contributed by atoms with Crippen molar-refractivity contribution < 1.29 is 14.7 Å². The maximum absolute atomic E-state index is 12.1. The van der Waals surface area contributed by atoms with Crippen LogP contribution in [0.5, 0.6) is 0 Å². The lowest BCUT2D eigenvalue weighted by molar-refractivity contribution is -0.137. The quantitative estimate of drug-likeness (QED) is 0.686. The first-order valence-corrected chi connectivity index (χ1v) is 8.70. The molecule has 0 fully saturated rings. The van der Waals surface area contributed by atoms with Gasteiger partial charge in [0.15, 0.2) is 0 Å². The van der Waals surface area contributed by atoms with Crippen LogP contribution in [0, 0.1) is 6.92 Å². The average Bonchev–Trinajstić information content (AvgIpc) is 2.97. The van der Waals surface area contributed by atoms with Crippen molar-refractivity contribution >= 4 is 23.3 Å². The zero-order valence-electron chi connectivity index (χ0n) is 13.6. The third-order valence-corrected chi connectivity index (χ3v) is 4.59. The van der Waals surface area contributed by atoms with Crippen molar-refractivity contribution in [1.29, 1.82) is 0 Å². The molecule has 128 valence electrons. The van der Waals surface area contributed by atoms with Gasteiger partial charge in [0.05, 0.1) is 6.54 Å². The number of aryl methyl sites for hydroxylation is 1. The summed E-state index contributed by atoms with van der Waals surface area (Å²) in [5.41, 5.74) is 1.07. The van der Waals surface area contributed by atoms with E-state index in [0.717, 1.165) is 10.4 Å². The molecule has 2 amide bonds. The van der Waals surface area contributed by atoms with Gasteiger partial charge in [0.2, 0.25) is 0 Å². The number of hydrogen-bond acceptors (Lipinski definition) is 3. The van der Waals surface area contributed by atoms with E-state index in [-0.39, 0.29) is 18.5 Å². The highest BCUT2D eigenvalue weighted by atomic mass is 32.1. The summed E-state index contributed by atoms with van der Waals surface area (Å²) in [6.07, 6.45) is 1.04. The van der Waals surface area contributed by atoms with Gasteiger partial charge < -0.3 is 15.7 Å². The third kappa shape index (κ3) is 6.42. The second kappa shape index (κ2) is 9.08. The first-order chi connectivity index (χ1) is 11.5. The topological polar surface area (TPSA) is 78.4 Å². The molecule has 0 spiro atoms. The van der Waals surface area contributed by atoms with Gasteiger partial charge in [-0.1, -0.05) is 30.3 Å². The fourth-order valence-electron chi connectivity index (χ4n) is 2.41. The molecule has 0 bridgehead atoms. The van der Waals surface area contributed by atoms with Gasteiger partial charge >= 0.3 is 12.0 Å². The maximum atomic E-state index is 12.1. The molecule has 1 heterocycles. The van der Waals surface area contributed by atoms with Crippen LogP contribution in [0.1, 0.15) is 28.2 Å². The second-order valence-electron chi connectivity index (χ2n) is 5.66. The Hall–Kier alpha value is -2.34. The van der Waals surface area contributed by atoms with E-state index >= 15 is 0 Å². The molecule has 24 heavy (non-hydrogen) atoms. The fraction of sp³-hybridized carbons (Fsp3) is 0.333. The van der Waals surface area contributed by atoms with Crippen LogP contribution < -0.4 is 10.6 Å². The van der Waals surface area contributed by atoms with Crippen LogP contribution in [-0.2, 0) is 17.8 Å². The molecule has 2 rings (SSSR count). The summed E-state index contributed by atoms with van der Waals surface area (Å²) in [6.45, 7) is 2.50. The largest absolute Gasteiger partial charge is 0.481 e. The smallest absolute Gasteiger partial charge is 0.315 e. The molecule has 1 atom stereocenters. The molecular formula is C18H22N2O3S. The van der Waals surface area contributed by atoms with Crippen molar-refractivity contribution in [2.24, 2.45) is 0 Å². The first-order valence-electron chi connectivity index (χ1n) is 7.88. The minimum absolute atomic E-state index is 0.0297. The Kier molecular flexibility index (Phi) is 6.81. The molecule has 6 heteroatoms. The summed E-state index contributed by atoms with van der Waals surface area (Å²) in [6, 6.07) is 13.3. The molecule has 0 aliphatic heterocycles. The van der Waals surface area contributed by atoms with Crippen LogP contribution in [0.2, 0.25) is 0 Å². The van der Waals surface area contributed by atoms with Gasteiger partial charge in [-0.2, -0.15) is 0 Å². The van der Waals surface area contributed by atoms with Crippen molar-refractivity contribution in [3.63, 3.8) is 0 Å². The highest BCUT2D eigenvalue weighted by molar-refractivity contribution is 7.11. The van der Waals surface area contributed by atoms with Gasteiger partial charge in [-0.05, 0) is 37.5 Å². The van der Waals surface area contributed by atoms with Crippen LogP contribution in [0.4, 0.5) is 4.79 Å². The Morgan fingerprint density at radius 2 is 1.92 bits per heavy atom. The molecule has 0 aliphatic rings. The molecular weight excluding hydrogens is 324 g/mol. The third-order valence-electron chi connectivity index (χ3n) is 3.59. The molecule has 5 nitrogen and oxygen atoms in total. The summed E-state index contributed by atoms with van der Waals surface area (Å²) in [5.74, 6) is -0.857. The molecule has 0 aliphatic carbocycles. The number of carbonyl (C=O) groups excluding carboxylic acids is 1. The van der Waals surface area contributed by atoms with Crippen molar-refractivity contribution in [2.75, 3.05) is 0 Å². The number of benzene rings is 1. The standard InChI is InChI=1S/C18H22N2O3S/c1-13-7-9-16(24-13)12-19-18(23)20-15(8-10-17(21)22)11-14-5-3-2-4-6-14/h2-7,9,15H,8,10-12H2,1H3,(H,21,22)(H2,19,20,23). The van der Waals surface area contributed by atoms with Gasteiger partial charge in [0.25, 0.3) is 0 Å². The molecule has 2 aromatic rings. The SMILES string of the molecule is Cc1ccc(CNC(=O)NC(CCC(=O)O)Cc2ccccc2)s1. The lowest BCUT2D eigenvalue weighted by Crippen LogP contribution is -2.43. The summed E-state index contributed by atoms with van der Waals surface area (Å²) >= 11 is 1.65. The summed E-state index contributed by atoms with van der Waals surface area (Å²) < 4.78 is 0. The number of carboxylic acid groups (broad SMARTS) is 1. The molecule has 0 radical (unpaired) electrons. The van der Waals surface area contributed by atoms with Crippen LogP contribution in [0.3, 0.4) is 0 Å². The zero-order chi connectivity index (χ0) is 17.4. The fourth-order valence-corrected chi connectivity index (χ4v) is 3.24. The lowest BCUT2D eigenvalue weighted by atomic mass is 10.0. The Balaban J connectivity index is 1.88. The number of carboxylic acids is 1. The minimum atomic E-state index is -0.857. The average molecular weight is 346 g/mol. The Labute approximate surface area is 145 Å². The van der Waals surface area contributed by atoms with E-state index in [0.29, 0.717) is 19.4 Å². The molecule has 1 aromatic heterocycles. The number of rotatable bonds is 8. The number of urea groups is 1. The summed E-state index contributed by atoms with van der Waals surface area (Å²) in [5, 5.41) is 14.6. The monoisotopic (exact) mass is 346 g/mol. The van der Waals surface area contributed by atoms with Crippen LogP contribution >= 0.6 is 11.3 Å². The summed E-state index contributed by atoms with van der Waals surface area (Å²) in [4.78, 5) is 25.2. The van der Waals surface area contributed by atoms with Crippen LogP contribution in [0.25, 0.3) is 0 Å². The van der Waals surface area contributed by atoms with Gasteiger partial charge in [-0.15, -0.1) is 11.3 Å². The molecule has 0 saturated heterocycles. The summed E-state index contributed by atoms with van der Waals surface area (Å²) in [7, 11) is 0. The molecule has 1 unspecified atom stereocenters. The van der Waals surface area contributed by atoms with Crippen molar-refractivity contribution in [3.05, 3.63) is 57.8 Å².